The van der Waals surface area contributed by atoms with Gasteiger partial charge in [0.2, 0.25) is 0 Å². The van der Waals surface area contributed by atoms with Gasteiger partial charge in [-0.3, -0.25) is 0 Å². The fourth-order valence-corrected chi connectivity index (χ4v) is 0. The van der Waals surface area contributed by atoms with Crippen molar-refractivity contribution in [3.05, 3.63) is 0 Å². The molecule has 0 heterocycles. The summed E-state index contributed by atoms with van der Waals surface area (Å²) in [6, 6.07) is 0. The number of rotatable bonds is 0. The minimum atomic E-state index is -0.500. The smallest absolute Gasteiger partial charge is 0 e. The summed E-state index contributed by atoms with van der Waals surface area (Å²) in [4.78, 5) is 0. The summed E-state index contributed by atoms with van der Waals surface area (Å²) in [5.41, 5.74) is 0. The van der Waals surface area contributed by atoms with Crippen LogP contribution < -0.4 is 15.1 Å². The summed E-state index contributed by atoms with van der Waals surface area (Å²) in [6.45, 7) is 0. The summed E-state index contributed by atoms with van der Waals surface area (Å²) < 4.78 is 24.8. The first-order valence-electron chi connectivity index (χ1n) is 1.41. The van der Waals surface area contributed by atoms with Crippen LogP contribution in [0.4, 0.5) is 0 Å². The van der Waals surface area contributed by atoms with Crippen LogP contribution in [0.3, 0.4) is 0 Å². The molecule has 55 valence electrons. The molecule has 1 radical (unpaired) electrons. The van der Waals surface area contributed by atoms with E-state index in [9.17, 15) is 0 Å². The van der Waals surface area contributed by atoms with Crippen molar-refractivity contribution < 1.29 is 49.6 Å². The Balaban J connectivity index is -0.0000000257. The summed E-state index contributed by atoms with van der Waals surface area (Å²) in [5.74, 6) is 0. The van der Waals surface area contributed by atoms with Crippen LogP contribution in [0.5, 0.6) is 0 Å². The first kappa shape index (κ1) is 22.6. The van der Waals surface area contributed by atoms with Gasteiger partial charge < -0.3 is 0 Å². The van der Waals surface area contributed by atoms with E-state index >= 15 is 0 Å². The van der Waals surface area contributed by atoms with Crippen LogP contribution >= 0.6 is 0 Å². The molecule has 0 aliphatic rings. The van der Waals surface area contributed by atoms with E-state index in [4.69, 9.17) is 29.2 Å². The average molecular weight is 315 g/mol. The van der Waals surface area contributed by atoms with Crippen molar-refractivity contribution in [2.75, 3.05) is 0 Å². The maximum Gasteiger partial charge on any atom is 0 e. The molecule has 0 aromatic rings. The molecule has 0 fully saturated rings. The van der Waals surface area contributed by atoms with Gasteiger partial charge in [-0.15, -0.1) is 0 Å². The van der Waals surface area contributed by atoms with E-state index in [1.807, 2.05) is 0 Å². The van der Waals surface area contributed by atoms with Crippen LogP contribution in [0.2, 0.25) is 0 Å². The van der Waals surface area contributed by atoms with Gasteiger partial charge in [-0.25, -0.2) is 0 Å². The van der Waals surface area contributed by atoms with Crippen LogP contribution in [0.1, 0.15) is 0 Å². The van der Waals surface area contributed by atoms with Crippen molar-refractivity contribution >= 4 is 22.1 Å². The fraction of sp³-hybridized carbons (Fsp3) is 0. The third-order valence-corrected chi connectivity index (χ3v) is 0. The molecule has 0 rings (SSSR count). The van der Waals surface area contributed by atoms with Crippen molar-refractivity contribution in [2.24, 2.45) is 0 Å². The summed E-state index contributed by atoms with van der Waals surface area (Å²) >= 11 is 0. The second-order valence-electron chi connectivity index (χ2n) is 0.289. The Labute approximate surface area is 72.1 Å². The molecule has 0 atom stereocenters. The van der Waals surface area contributed by atoms with Crippen LogP contribution in [0.15, 0.2) is 0 Å². The Morgan fingerprint density at radius 2 is 0.700 bits per heavy atom. The Bertz CT molecular complexity index is 49.7. The van der Waals surface area contributed by atoms with Crippen LogP contribution in [0, 0.1) is 0 Å². The molecule has 0 aliphatic heterocycles. The molecule has 0 saturated carbocycles. The van der Waals surface area contributed by atoms with Gasteiger partial charge in [0.05, 0.1) is 0 Å². The van der Waals surface area contributed by atoms with Gasteiger partial charge in [0.25, 0.3) is 0 Å². The first-order chi connectivity index (χ1) is 4.24. The van der Waals surface area contributed by atoms with Crippen molar-refractivity contribution in [1.82, 2.24) is 0 Å². The SMILES string of the molecule is O=B[O-].O=B[O-].O=B[O-].[Re]. The Morgan fingerprint density at radius 3 is 0.700 bits per heavy atom. The third kappa shape index (κ3) is 2890. The van der Waals surface area contributed by atoms with E-state index in [1.165, 1.54) is 0 Å². The summed E-state index contributed by atoms with van der Waals surface area (Å²) in [6.07, 6.45) is 0. The van der Waals surface area contributed by atoms with Crippen molar-refractivity contribution in [1.29, 1.82) is 0 Å². The number of hydrogen-bond donors (Lipinski definition) is 0. The Hall–Kier alpha value is -0.343. The molecule has 0 spiro atoms. The first-order valence-corrected chi connectivity index (χ1v) is 1.41. The molecule has 0 saturated heterocycles. The Kier molecular flexibility index (Phi) is 163. The molecule has 0 aliphatic carbocycles. The Morgan fingerprint density at radius 1 is 0.700 bits per heavy atom. The second-order valence-corrected chi connectivity index (χ2v) is 0.289. The van der Waals surface area contributed by atoms with Crippen molar-refractivity contribution in [2.45, 2.75) is 0 Å². The van der Waals surface area contributed by atoms with Crippen LogP contribution in [-0.4, -0.2) is 22.1 Å². The quantitative estimate of drug-likeness (QED) is 0.413. The van der Waals surface area contributed by atoms with Crippen LogP contribution in [0.25, 0.3) is 0 Å². The average Bonchev–Trinajstić information content (AvgIpc) is 1.70. The van der Waals surface area contributed by atoms with E-state index in [2.05, 4.69) is 0 Å². The van der Waals surface area contributed by atoms with E-state index in [-0.39, 0.29) is 20.4 Å². The van der Waals surface area contributed by atoms with Gasteiger partial charge in [-0.05, 0) is 0 Å². The molecule has 0 bridgehead atoms. The van der Waals surface area contributed by atoms with Gasteiger partial charge in [0.15, 0.2) is 0 Å². The maximum absolute atomic E-state index is 8.25. The zero-order valence-electron chi connectivity index (χ0n) is 4.56. The zero-order chi connectivity index (χ0) is 8.12. The molecule has 0 N–H and O–H groups in total. The largest absolute Gasteiger partial charge is 0 e. The second kappa shape index (κ2) is 71.9. The van der Waals surface area contributed by atoms with Crippen molar-refractivity contribution in [3.8, 4) is 0 Å². The van der Waals surface area contributed by atoms with Gasteiger partial charge in [0, 0.05) is 20.4 Å². The van der Waals surface area contributed by atoms with E-state index in [0.717, 1.165) is 0 Å². The molecular formula is B3O6Re-3. The molecular weight excluding hydrogens is 315 g/mol. The predicted molar refractivity (Wildman–Crippen MR) is 19.3 cm³/mol. The topological polar surface area (TPSA) is 120 Å². The minimum Gasteiger partial charge on any atom is 0 e. The molecule has 0 aromatic heterocycles. The molecule has 0 amide bonds. The van der Waals surface area contributed by atoms with Crippen molar-refractivity contribution in [3.63, 3.8) is 0 Å². The zero-order valence-corrected chi connectivity index (χ0v) is 7.28. The molecule has 6 nitrogen and oxygen atoms in total. The minimum absolute atomic E-state index is 0. The molecule has 0 aromatic carbocycles. The van der Waals surface area contributed by atoms with E-state index < -0.39 is 22.1 Å². The standard InChI is InChI=1S/3BO2.Re/c3*2-1-3;/q3*-1;. The fourth-order valence-electron chi connectivity index (χ4n) is 0. The maximum atomic E-state index is 8.25. The van der Waals surface area contributed by atoms with Gasteiger partial charge in [-0.1, -0.05) is 0 Å². The van der Waals surface area contributed by atoms with E-state index in [0.29, 0.717) is 0 Å². The van der Waals surface area contributed by atoms with Crippen LogP contribution in [-0.2, 0) is 34.5 Å². The summed E-state index contributed by atoms with van der Waals surface area (Å²) in [7, 11) is -1.50. The third-order valence-electron chi connectivity index (χ3n) is 0. The van der Waals surface area contributed by atoms with Gasteiger partial charge in [-0.2, -0.15) is 0 Å². The van der Waals surface area contributed by atoms with Gasteiger partial charge in [0.1, 0.15) is 0 Å². The number of hydrogen-bond acceptors (Lipinski definition) is 6. The molecule has 0 unspecified atom stereocenters. The van der Waals surface area contributed by atoms with Gasteiger partial charge >= 0.3 is 51.2 Å². The molecule has 10 heteroatoms. The van der Waals surface area contributed by atoms with E-state index in [1.54, 1.807) is 0 Å². The predicted octanol–water partition coefficient (Wildman–Crippen LogP) is -5.07. The normalized spacial score (nSPS) is 2.40. The monoisotopic (exact) mass is 316 g/mol. The summed E-state index contributed by atoms with van der Waals surface area (Å²) in [5, 5.41) is 24.8. The molecule has 10 heavy (non-hydrogen) atoms.